The van der Waals surface area contributed by atoms with E-state index in [9.17, 15) is 19.2 Å². The van der Waals surface area contributed by atoms with Crippen LogP contribution in [0.4, 0.5) is 0 Å². The summed E-state index contributed by atoms with van der Waals surface area (Å²) in [6.07, 6.45) is 11.7. The van der Waals surface area contributed by atoms with Crippen molar-refractivity contribution in [2.24, 2.45) is 5.92 Å². The highest BCUT2D eigenvalue weighted by molar-refractivity contribution is 9.10. The first kappa shape index (κ1) is 46.0. The van der Waals surface area contributed by atoms with Crippen LogP contribution in [-0.4, -0.2) is 74.7 Å². The van der Waals surface area contributed by atoms with Gasteiger partial charge in [-0.2, -0.15) is 10.2 Å². The van der Waals surface area contributed by atoms with E-state index in [1.165, 1.54) is 29.5 Å². The number of nitrogens with one attached hydrogen (secondary N) is 4. The number of benzene rings is 1. The largest absolute Gasteiger partial charge is 0.477 e. The van der Waals surface area contributed by atoms with E-state index in [0.717, 1.165) is 83.6 Å². The van der Waals surface area contributed by atoms with E-state index >= 15 is 0 Å². The minimum absolute atomic E-state index is 0.0807. The molecule has 0 aliphatic heterocycles. The summed E-state index contributed by atoms with van der Waals surface area (Å²) in [5.74, 6) is -3.16. The highest BCUT2D eigenvalue weighted by atomic mass is 79.9. The number of aromatic amines is 4. The number of carbonyl (C=O) groups is 4. The zero-order valence-corrected chi connectivity index (χ0v) is 34.8. The molecule has 8 N–H and O–H groups in total. The molecule has 6 rings (SSSR count). The predicted molar refractivity (Wildman–Crippen MR) is 221 cm³/mol. The van der Waals surface area contributed by atoms with Crippen LogP contribution in [0.3, 0.4) is 0 Å². The van der Waals surface area contributed by atoms with Crippen molar-refractivity contribution in [3.63, 3.8) is 0 Å². The topological polar surface area (TPSA) is 238 Å². The predicted octanol–water partition coefficient (Wildman–Crippen LogP) is 9.21. The molecule has 0 bridgehead atoms. The van der Waals surface area contributed by atoms with E-state index in [0.29, 0.717) is 11.6 Å². The number of halogens is 2. The number of H-pyrrole nitrogens is 4. The van der Waals surface area contributed by atoms with Gasteiger partial charge < -0.3 is 30.4 Å². The number of aryl methyl sites for hydroxylation is 6. The number of hydrogen-bond acceptors (Lipinski definition) is 6. The molecule has 16 heteroatoms. The minimum Gasteiger partial charge on any atom is -0.477 e. The Balaban J connectivity index is 0.000000206. The fraction of sp³-hybridized carbons (Fsp3) is 0.366. The lowest BCUT2D eigenvalue weighted by Crippen LogP contribution is -2.00. The van der Waals surface area contributed by atoms with Gasteiger partial charge >= 0.3 is 23.9 Å². The molecular weight excluding hydrogens is 820 g/mol. The number of aromatic nitrogens is 6. The van der Waals surface area contributed by atoms with Crippen LogP contribution in [0.15, 0.2) is 64.8 Å². The lowest BCUT2D eigenvalue weighted by Gasteiger charge is -2.08. The van der Waals surface area contributed by atoms with Crippen molar-refractivity contribution >= 4 is 51.4 Å². The van der Waals surface area contributed by atoms with Gasteiger partial charge in [-0.25, -0.2) is 19.2 Å². The van der Waals surface area contributed by atoms with E-state index in [1.54, 1.807) is 24.3 Å². The fourth-order valence-corrected chi connectivity index (χ4v) is 6.23. The first-order valence-corrected chi connectivity index (χ1v) is 19.7. The van der Waals surface area contributed by atoms with Gasteiger partial charge in [-0.15, -0.1) is 0 Å². The molecule has 0 radical (unpaired) electrons. The molecule has 14 nitrogen and oxygen atoms in total. The molecular formula is C41H50BrClN6O8. The van der Waals surface area contributed by atoms with E-state index in [-0.39, 0.29) is 17.1 Å². The van der Waals surface area contributed by atoms with Crippen molar-refractivity contribution in [1.29, 1.82) is 0 Å². The molecule has 0 spiro atoms. The van der Waals surface area contributed by atoms with Crippen LogP contribution >= 0.6 is 27.5 Å². The van der Waals surface area contributed by atoms with Crippen LogP contribution in [-0.2, 0) is 38.5 Å². The monoisotopic (exact) mass is 868 g/mol. The van der Waals surface area contributed by atoms with Crippen molar-refractivity contribution in [2.75, 3.05) is 0 Å². The van der Waals surface area contributed by atoms with E-state index in [2.05, 4.69) is 66.2 Å². The second-order valence-electron chi connectivity index (χ2n) is 14.1. The molecule has 0 atom stereocenters. The highest BCUT2D eigenvalue weighted by Crippen LogP contribution is 2.22. The van der Waals surface area contributed by atoms with E-state index < -0.39 is 23.9 Å². The summed E-state index contributed by atoms with van der Waals surface area (Å²) in [7, 11) is 0. The lowest BCUT2D eigenvalue weighted by molar-refractivity contribution is 0.0679. The van der Waals surface area contributed by atoms with Crippen LogP contribution in [0.25, 0.3) is 0 Å². The van der Waals surface area contributed by atoms with Crippen molar-refractivity contribution in [3.8, 4) is 0 Å². The van der Waals surface area contributed by atoms with E-state index in [1.807, 2.05) is 38.1 Å². The maximum absolute atomic E-state index is 10.8. The summed E-state index contributed by atoms with van der Waals surface area (Å²) in [6, 6.07) is 14.2. The Morgan fingerprint density at radius 2 is 1.32 bits per heavy atom. The standard InChI is InChI=1S/C13H11BrClNO2.C10H14N2O2.C9H14N2O2.C9H11NO2/c14-12-9(7-11(16-12)13(17)18)4-1-8-2-5-10(15)6-3-8;1-7(2)4-3-5-8-6-9(10(13)14)12-11-8;1-6(2)3-4-7-5-8(9(12)13)11-10-7;11-9(12)8-5-6-3-1-2-4-7(6)10-8/h2-3,5-7,16H,1,4H2,(H,17,18);4,6H,3,5H2,1-2H3,(H,11,12)(H,13,14);5-6H,3-4H2,1-2H3,(H,10,11)(H,12,13);5,10H,1-4H2,(H,11,12). The molecule has 0 saturated carbocycles. The number of hydrogen-bond donors (Lipinski definition) is 8. The van der Waals surface area contributed by atoms with Gasteiger partial charge in [-0.1, -0.05) is 49.2 Å². The molecule has 0 amide bonds. The van der Waals surface area contributed by atoms with Crippen molar-refractivity contribution in [2.45, 2.75) is 91.9 Å². The smallest absolute Gasteiger partial charge is 0.356 e. The number of allylic oxidation sites excluding steroid dienone is 2. The summed E-state index contributed by atoms with van der Waals surface area (Å²) >= 11 is 9.15. The number of carboxylic acid groups (broad SMARTS) is 4. The van der Waals surface area contributed by atoms with E-state index in [4.69, 9.17) is 32.0 Å². The molecule has 4 heterocycles. The van der Waals surface area contributed by atoms with Gasteiger partial charge in [-0.05, 0) is 153 Å². The molecule has 1 aliphatic rings. The zero-order valence-electron chi connectivity index (χ0n) is 32.4. The van der Waals surface area contributed by atoms with Gasteiger partial charge in [0.2, 0.25) is 0 Å². The molecule has 1 aromatic carbocycles. The molecule has 0 saturated heterocycles. The van der Waals surface area contributed by atoms with Crippen molar-refractivity contribution in [3.05, 3.63) is 126 Å². The van der Waals surface area contributed by atoms with Gasteiger partial charge in [0.25, 0.3) is 0 Å². The summed E-state index contributed by atoms with van der Waals surface area (Å²) < 4.78 is 0.730. The highest BCUT2D eigenvalue weighted by Gasteiger charge is 2.15. The van der Waals surface area contributed by atoms with Gasteiger partial charge in [-0.3, -0.25) is 10.2 Å². The Hall–Kier alpha value is -5.41. The number of aromatic carboxylic acids is 4. The SMILES string of the molecule is CC(C)=CCCc1cc(C(=O)O)n[nH]1.CC(C)CCc1cc(C(=O)O)n[nH]1.O=C(O)c1cc(CCc2ccc(Cl)cc2)c(Br)[nH]1.O=C(O)c1cc2c([nH]1)CCCC2. The Morgan fingerprint density at radius 3 is 1.81 bits per heavy atom. The van der Waals surface area contributed by atoms with Crippen LogP contribution in [0.5, 0.6) is 0 Å². The van der Waals surface area contributed by atoms with Crippen LogP contribution in [0.2, 0.25) is 5.02 Å². The third-order valence-electron chi connectivity index (χ3n) is 8.67. The van der Waals surface area contributed by atoms with Crippen LogP contribution in [0, 0.1) is 5.92 Å². The Labute approximate surface area is 344 Å². The third-order valence-corrected chi connectivity index (χ3v) is 9.63. The minimum atomic E-state index is -0.991. The maximum Gasteiger partial charge on any atom is 0.356 e. The van der Waals surface area contributed by atoms with Gasteiger partial charge in [0.05, 0.1) is 4.60 Å². The number of fused-ring (bicyclic) bond motifs is 1. The molecule has 4 aromatic heterocycles. The Kier molecular flexibility index (Phi) is 18.5. The number of rotatable bonds is 13. The Bertz CT molecular complexity index is 2080. The average molecular weight is 870 g/mol. The molecule has 0 fully saturated rings. The molecule has 306 valence electrons. The number of nitrogens with zero attached hydrogens (tertiary/aromatic N) is 2. The van der Waals surface area contributed by atoms with Gasteiger partial charge in [0.1, 0.15) is 11.4 Å². The zero-order chi connectivity index (χ0) is 42.1. The normalized spacial score (nSPS) is 11.5. The van der Waals surface area contributed by atoms with Crippen LogP contribution in [0.1, 0.15) is 129 Å². The van der Waals surface area contributed by atoms with Gasteiger partial charge in [0.15, 0.2) is 11.4 Å². The quantitative estimate of drug-likeness (QED) is 0.0522. The molecule has 57 heavy (non-hydrogen) atoms. The second-order valence-corrected chi connectivity index (χ2v) is 15.3. The lowest BCUT2D eigenvalue weighted by atomic mass is 9.98. The summed E-state index contributed by atoms with van der Waals surface area (Å²) in [6.45, 7) is 8.34. The first-order valence-electron chi connectivity index (χ1n) is 18.5. The maximum atomic E-state index is 10.8. The van der Waals surface area contributed by atoms with Crippen molar-refractivity contribution < 1.29 is 39.6 Å². The number of carboxylic acids is 4. The summed E-state index contributed by atoms with van der Waals surface area (Å²) in [5.41, 5.74) is 8.18. The third kappa shape index (κ3) is 16.3. The molecule has 5 aromatic rings. The van der Waals surface area contributed by atoms with Crippen LogP contribution < -0.4 is 0 Å². The second kappa shape index (κ2) is 23.0. The van der Waals surface area contributed by atoms with Gasteiger partial charge in [0, 0.05) is 22.1 Å². The molecule has 1 aliphatic carbocycles. The average Bonchev–Trinajstić information content (AvgIpc) is 3.98. The fourth-order valence-electron chi connectivity index (χ4n) is 5.58. The first-order chi connectivity index (χ1) is 27.0. The van der Waals surface area contributed by atoms with Crippen molar-refractivity contribution in [1.82, 2.24) is 30.4 Å². The summed E-state index contributed by atoms with van der Waals surface area (Å²) in [4.78, 5) is 48.1. The Morgan fingerprint density at radius 1 is 0.754 bits per heavy atom. The molecule has 0 unspecified atom stereocenters. The summed E-state index contributed by atoms with van der Waals surface area (Å²) in [5, 5.41) is 48.3.